The molecule has 1 N–H and O–H groups in total. The fourth-order valence-electron chi connectivity index (χ4n) is 2.56. The van der Waals surface area contributed by atoms with Crippen LogP contribution in [0.15, 0.2) is 12.4 Å². The summed E-state index contributed by atoms with van der Waals surface area (Å²) in [5.74, 6) is 0. The van der Waals surface area contributed by atoms with Crippen molar-refractivity contribution >= 4 is 11.3 Å². The van der Waals surface area contributed by atoms with E-state index in [2.05, 4.69) is 18.7 Å². The molecule has 112 valence electrons. The summed E-state index contributed by atoms with van der Waals surface area (Å²) in [6, 6.07) is 0. The van der Waals surface area contributed by atoms with E-state index in [1.807, 2.05) is 12.4 Å². The summed E-state index contributed by atoms with van der Waals surface area (Å²) in [5.41, 5.74) is 0. The first-order valence-corrected chi connectivity index (χ1v) is 8.62. The molecule has 0 saturated carbocycles. The Kier molecular flexibility index (Phi) is 7.64. The van der Waals surface area contributed by atoms with Gasteiger partial charge in [-0.3, -0.25) is 4.55 Å². The van der Waals surface area contributed by atoms with Gasteiger partial charge < -0.3 is 4.90 Å². The molecule has 2 unspecified atom stereocenters. The standard InChI is InChI=1S/C14H28N2O2S/c1-3-5-6-7-8-9-10-15-11-13-16(14-15,12-4-2)19(17)18/h11,13H,3-10,12,14H2,1-2H3/p+1. The molecule has 1 aliphatic heterocycles. The first kappa shape index (κ1) is 16.7. The predicted molar refractivity (Wildman–Crippen MR) is 80.3 cm³/mol. The molecule has 1 rings (SSSR count). The average molecular weight is 289 g/mol. The molecule has 0 aromatic carbocycles. The molecule has 0 spiro atoms. The van der Waals surface area contributed by atoms with E-state index >= 15 is 0 Å². The number of nitrogens with zero attached hydrogens (tertiary/aromatic N) is 2. The highest BCUT2D eigenvalue weighted by atomic mass is 32.2. The van der Waals surface area contributed by atoms with Gasteiger partial charge in [-0.1, -0.05) is 46.0 Å². The number of rotatable bonds is 10. The summed E-state index contributed by atoms with van der Waals surface area (Å²) in [5, 5.41) is 0. The third kappa shape index (κ3) is 5.24. The van der Waals surface area contributed by atoms with Gasteiger partial charge in [0.1, 0.15) is 6.20 Å². The number of hydrogen-bond acceptors (Lipinski definition) is 2. The van der Waals surface area contributed by atoms with Crippen LogP contribution < -0.4 is 0 Å². The maximum Gasteiger partial charge on any atom is 0.364 e. The van der Waals surface area contributed by atoms with Gasteiger partial charge in [0.05, 0.1) is 12.7 Å². The Morgan fingerprint density at radius 1 is 1.16 bits per heavy atom. The van der Waals surface area contributed by atoms with Crippen LogP contribution in [0.4, 0.5) is 0 Å². The Morgan fingerprint density at radius 3 is 2.47 bits per heavy atom. The van der Waals surface area contributed by atoms with Crippen molar-refractivity contribution in [2.75, 3.05) is 19.8 Å². The maximum absolute atomic E-state index is 11.5. The molecule has 0 aliphatic carbocycles. The molecule has 0 bridgehead atoms. The van der Waals surface area contributed by atoms with Crippen LogP contribution in [0.3, 0.4) is 0 Å². The second-order valence-corrected chi connectivity index (χ2v) is 6.62. The minimum Gasteiger partial charge on any atom is -0.325 e. The molecular formula is C14H29N2O2S+. The highest BCUT2D eigenvalue weighted by molar-refractivity contribution is 7.73. The van der Waals surface area contributed by atoms with Crippen molar-refractivity contribution in [2.24, 2.45) is 0 Å². The van der Waals surface area contributed by atoms with Gasteiger partial charge in [-0.25, -0.2) is 0 Å². The summed E-state index contributed by atoms with van der Waals surface area (Å²) >= 11 is -1.82. The fourth-order valence-corrected chi connectivity index (χ4v) is 3.31. The molecule has 1 heterocycles. The summed E-state index contributed by atoms with van der Waals surface area (Å²) in [7, 11) is 0. The summed E-state index contributed by atoms with van der Waals surface area (Å²) < 4.78 is 21.2. The van der Waals surface area contributed by atoms with E-state index in [1.54, 1.807) is 0 Å². The van der Waals surface area contributed by atoms with Crippen molar-refractivity contribution in [2.45, 2.75) is 58.8 Å². The summed E-state index contributed by atoms with van der Waals surface area (Å²) in [4.78, 5) is 2.18. The van der Waals surface area contributed by atoms with Crippen molar-refractivity contribution in [3.8, 4) is 0 Å². The highest BCUT2D eigenvalue weighted by Crippen LogP contribution is 2.21. The van der Waals surface area contributed by atoms with Gasteiger partial charge in [0.25, 0.3) is 0 Å². The fraction of sp³-hybridized carbons (Fsp3) is 0.857. The van der Waals surface area contributed by atoms with Gasteiger partial charge in [0.2, 0.25) is 0 Å². The zero-order valence-corrected chi connectivity index (χ0v) is 13.2. The topological polar surface area (TPSA) is 40.5 Å². The van der Waals surface area contributed by atoms with Gasteiger partial charge in [-0.05, 0) is 12.8 Å². The van der Waals surface area contributed by atoms with Crippen molar-refractivity contribution in [1.29, 1.82) is 0 Å². The summed E-state index contributed by atoms with van der Waals surface area (Å²) in [6.07, 6.45) is 12.5. The van der Waals surface area contributed by atoms with E-state index in [1.165, 1.54) is 38.5 Å². The molecule has 19 heavy (non-hydrogen) atoms. The Hall–Kier alpha value is -0.390. The van der Waals surface area contributed by atoms with E-state index < -0.39 is 11.3 Å². The molecule has 0 aromatic rings. The monoisotopic (exact) mass is 289 g/mol. The van der Waals surface area contributed by atoms with Crippen LogP contribution >= 0.6 is 0 Å². The molecule has 5 heteroatoms. The molecule has 4 nitrogen and oxygen atoms in total. The minimum absolute atomic E-state index is 0.187. The van der Waals surface area contributed by atoms with Gasteiger partial charge in [0.15, 0.2) is 6.67 Å². The third-order valence-corrected chi connectivity index (χ3v) is 4.72. The molecule has 2 atom stereocenters. The molecule has 1 aliphatic rings. The van der Waals surface area contributed by atoms with Gasteiger partial charge in [-0.15, -0.1) is 0 Å². The molecule has 0 saturated heterocycles. The quantitative estimate of drug-likeness (QED) is 0.380. The molecule has 0 amide bonds. The normalized spacial score (nSPS) is 24.1. The predicted octanol–water partition coefficient (Wildman–Crippen LogP) is 3.45. The highest BCUT2D eigenvalue weighted by Gasteiger charge is 2.37. The van der Waals surface area contributed by atoms with Crippen LogP contribution in [0.2, 0.25) is 0 Å². The Bertz CT molecular complexity index is 310. The van der Waals surface area contributed by atoms with Crippen molar-refractivity contribution in [3.63, 3.8) is 0 Å². The first-order chi connectivity index (χ1) is 9.14. The number of hydrogen-bond donors (Lipinski definition) is 1. The Morgan fingerprint density at radius 2 is 1.84 bits per heavy atom. The maximum atomic E-state index is 11.5. The number of unbranched alkanes of at least 4 members (excludes halogenated alkanes) is 5. The lowest BCUT2D eigenvalue weighted by atomic mass is 10.1. The zero-order chi connectivity index (χ0) is 14.1. The van der Waals surface area contributed by atoms with E-state index in [0.717, 1.165) is 19.5 Å². The lowest BCUT2D eigenvalue weighted by Crippen LogP contribution is -2.46. The summed E-state index contributed by atoms with van der Waals surface area (Å²) in [6.45, 7) is 6.66. The second kappa shape index (κ2) is 8.72. The first-order valence-electron chi connectivity index (χ1n) is 7.56. The van der Waals surface area contributed by atoms with Crippen LogP contribution in [0, 0.1) is 0 Å². The molecule has 0 fully saturated rings. The van der Waals surface area contributed by atoms with Gasteiger partial charge >= 0.3 is 11.3 Å². The number of quaternary nitrogens is 1. The van der Waals surface area contributed by atoms with Crippen LogP contribution in [0.25, 0.3) is 0 Å². The zero-order valence-electron chi connectivity index (χ0n) is 12.4. The Labute approximate surface area is 120 Å². The van der Waals surface area contributed by atoms with Crippen LogP contribution in [0.1, 0.15) is 58.8 Å². The lowest BCUT2D eigenvalue weighted by molar-refractivity contribution is -0.754. The third-order valence-electron chi connectivity index (χ3n) is 3.68. The van der Waals surface area contributed by atoms with E-state index in [4.69, 9.17) is 0 Å². The van der Waals surface area contributed by atoms with E-state index in [9.17, 15) is 8.76 Å². The van der Waals surface area contributed by atoms with Crippen molar-refractivity contribution in [3.05, 3.63) is 12.4 Å². The second-order valence-electron chi connectivity index (χ2n) is 5.43. The largest absolute Gasteiger partial charge is 0.364 e. The average Bonchev–Trinajstić information content (AvgIpc) is 2.79. The van der Waals surface area contributed by atoms with Crippen LogP contribution in [0.5, 0.6) is 0 Å². The van der Waals surface area contributed by atoms with E-state index in [0.29, 0.717) is 6.67 Å². The van der Waals surface area contributed by atoms with E-state index in [-0.39, 0.29) is 3.89 Å². The van der Waals surface area contributed by atoms with Crippen molar-refractivity contribution < 1.29 is 12.6 Å². The molecule has 0 aromatic heterocycles. The molecule has 0 radical (unpaired) electrons. The van der Waals surface area contributed by atoms with Gasteiger partial charge in [0, 0.05) is 6.54 Å². The lowest BCUT2D eigenvalue weighted by Gasteiger charge is -2.27. The minimum atomic E-state index is -1.82. The van der Waals surface area contributed by atoms with Gasteiger partial charge in [-0.2, -0.15) is 8.10 Å². The molecular weight excluding hydrogens is 260 g/mol. The van der Waals surface area contributed by atoms with Crippen LogP contribution in [-0.4, -0.2) is 37.3 Å². The van der Waals surface area contributed by atoms with Crippen LogP contribution in [-0.2, 0) is 11.3 Å². The van der Waals surface area contributed by atoms with Crippen molar-refractivity contribution in [1.82, 2.24) is 4.90 Å². The Balaban J connectivity index is 2.24. The SMILES string of the molecule is CCCCCCCCN1C=C[N+](CCC)(S(=O)O)C1. The smallest absolute Gasteiger partial charge is 0.325 e.